The van der Waals surface area contributed by atoms with Crippen LogP contribution in [-0.4, -0.2) is 23.0 Å². The lowest BCUT2D eigenvalue weighted by Crippen LogP contribution is -2.22. The standard InChI is InChI=1S/C29H30N2O2S/c1-5-7-11-20(6-2)28-30-24-18-22(14-16-26(24)32-28)34(3,4)23-15-17-27-25(19-23)31-29(33-27)21-12-9-8-10-13-21/h6-7,9,11-19,29,31H,3-5,8,10H2,1-2H3/b11-7-,20-6+. The van der Waals surface area contributed by atoms with Crippen LogP contribution in [0, 0.1) is 0 Å². The highest BCUT2D eigenvalue weighted by molar-refractivity contribution is 8.27. The number of hydrogen-bond donors (Lipinski definition) is 1. The van der Waals surface area contributed by atoms with Crippen LogP contribution >= 0.6 is 9.21 Å². The molecule has 4 nitrogen and oxygen atoms in total. The Morgan fingerprint density at radius 1 is 1.18 bits per heavy atom. The van der Waals surface area contributed by atoms with Gasteiger partial charge in [-0.2, -0.15) is 9.21 Å². The van der Waals surface area contributed by atoms with Gasteiger partial charge in [0.25, 0.3) is 0 Å². The monoisotopic (exact) mass is 470 g/mol. The summed E-state index contributed by atoms with van der Waals surface area (Å²) >= 11 is 0. The summed E-state index contributed by atoms with van der Waals surface area (Å²) in [6, 6.07) is 12.3. The van der Waals surface area contributed by atoms with Crippen LogP contribution in [0.3, 0.4) is 0 Å². The van der Waals surface area contributed by atoms with Crippen LogP contribution in [0.1, 0.15) is 39.0 Å². The van der Waals surface area contributed by atoms with E-state index < -0.39 is 9.21 Å². The molecule has 1 aliphatic heterocycles. The van der Waals surface area contributed by atoms with Gasteiger partial charge in [0.15, 0.2) is 11.8 Å². The Morgan fingerprint density at radius 2 is 2.00 bits per heavy atom. The van der Waals surface area contributed by atoms with E-state index in [4.69, 9.17) is 14.1 Å². The van der Waals surface area contributed by atoms with Crippen LogP contribution in [0.4, 0.5) is 5.69 Å². The maximum Gasteiger partial charge on any atom is 0.226 e. The number of aromatic nitrogens is 1. The number of rotatable bonds is 6. The van der Waals surface area contributed by atoms with E-state index in [-0.39, 0.29) is 6.23 Å². The minimum Gasteiger partial charge on any atom is -0.464 e. The van der Waals surface area contributed by atoms with Gasteiger partial charge in [0.1, 0.15) is 11.3 Å². The van der Waals surface area contributed by atoms with E-state index in [1.165, 1.54) is 5.57 Å². The van der Waals surface area contributed by atoms with Crippen LogP contribution in [0.5, 0.6) is 5.75 Å². The average molecular weight is 471 g/mol. The normalized spacial score (nSPS) is 18.1. The molecule has 0 saturated carbocycles. The van der Waals surface area contributed by atoms with Crippen LogP contribution in [0.2, 0.25) is 0 Å². The summed E-state index contributed by atoms with van der Waals surface area (Å²) in [4.78, 5) is 6.89. The number of oxazole rings is 1. The zero-order valence-electron chi connectivity index (χ0n) is 19.7. The molecule has 1 aliphatic carbocycles. The van der Waals surface area contributed by atoms with Crippen molar-refractivity contribution in [1.29, 1.82) is 0 Å². The highest BCUT2D eigenvalue weighted by Crippen LogP contribution is 2.46. The molecule has 0 fully saturated rings. The number of nitrogens with zero attached hydrogens (tertiary/aromatic N) is 1. The highest BCUT2D eigenvalue weighted by Gasteiger charge is 2.25. The first kappa shape index (κ1) is 22.4. The maximum atomic E-state index is 6.15. The topological polar surface area (TPSA) is 47.3 Å². The van der Waals surface area contributed by atoms with Gasteiger partial charge >= 0.3 is 0 Å². The zero-order valence-corrected chi connectivity index (χ0v) is 20.5. The molecule has 2 aliphatic rings. The Kier molecular flexibility index (Phi) is 5.96. The molecule has 1 aromatic heterocycles. The number of benzene rings is 2. The van der Waals surface area contributed by atoms with Gasteiger partial charge < -0.3 is 14.5 Å². The third-order valence-corrected chi connectivity index (χ3v) is 8.47. The van der Waals surface area contributed by atoms with Crippen molar-refractivity contribution in [2.24, 2.45) is 0 Å². The molecule has 2 heterocycles. The molecule has 3 aromatic rings. The van der Waals surface area contributed by atoms with Gasteiger partial charge in [0.05, 0.1) is 5.69 Å². The summed E-state index contributed by atoms with van der Waals surface area (Å²) in [5.74, 6) is 10.6. The largest absolute Gasteiger partial charge is 0.464 e. The number of hydrogen-bond acceptors (Lipinski definition) is 4. The number of allylic oxidation sites excluding steroid dienone is 6. The molecule has 5 rings (SSSR count). The summed E-state index contributed by atoms with van der Waals surface area (Å²) in [7, 11) is -1.76. The number of fused-ring (bicyclic) bond motifs is 2. The maximum absolute atomic E-state index is 6.15. The average Bonchev–Trinajstić information content (AvgIpc) is 3.48. The smallest absolute Gasteiger partial charge is 0.226 e. The summed E-state index contributed by atoms with van der Waals surface area (Å²) in [6.07, 6.45) is 15.7. The first-order chi connectivity index (χ1) is 16.5. The van der Waals surface area contributed by atoms with E-state index in [1.807, 2.05) is 25.1 Å². The summed E-state index contributed by atoms with van der Waals surface area (Å²) in [6.45, 7) is 4.10. The van der Waals surface area contributed by atoms with Crippen molar-refractivity contribution in [3.05, 3.63) is 84.3 Å². The minimum atomic E-state index is -1.76. The van der Waals surface area contributed by atoms with E-state index >= 15 is 0 Å². The first-order valence-electron chi connectivity index (χ1n) is 11.7. The molecule has 0 amide bonds. The molecule has 0 radical (unpaired) electrons. The van der Waals surface area contributed by atoms with Crippen LogP contribution < -0.4 is 10.1 Å². The van der Waals surface area contributed by atoms with E-state index in [2.05, 4.69) is 78.6 Å². The van der Waals surface area contributed by atoms with Gasteiger partial charge in [-0.3, -0.25) is 0 Å². The Balaban J connectivity index is 1.44. The molecule has 0 saturated heterocycles. The van der Waals surface area contributed by atoms with Gasteiger partial charge in [-0.05, 0) is 62.6 Å². The number of anilines is 1. The second-order valence-electron chi connectivity index (χ2n) is 8.57. The fourth-order valence-electron chi connectivity index (χ4n) is 4.19. The SMILES string of the molecule is C=S(=C)(c1ccc2c(c1)NC(C1=CCCC=C1)O2)c1ccc2oc(C(/C=C\CC)=C/C)nc2c1. The number of ether oxygens (including phenoxy) is 1. The lowest BCUT2D eigenvalue weighted by Gasteiger charge is -2.16. The highest BCUT2D eigenvalue weighted by atomic mass is 32.2. The summed E-state index contributed by atoms with van der Waals surface area (Å²) in [5, 5.41) is 3.51. The van der Waals surface area contributed by atoms with Gasteiger partial charge in [-0.25, -0.2) is 4.98 Å². The predicted molar refractivity (Wildman–Crippen MR) is 146 cm³/mol. The first-order valence-corrected chi connectivity index (χ1v) is 13.6. The Bertz CT molecular complexity index is 1470. The Labute approximate surface area is 201 Å². The minimum absolute atomic E-state index is 0.145. The lowest BCUT2D eigenvalue weighted by atomic mass is 10.1. The molecule has 0 bridgehead atoms. The molecule has 174 valence electrons. The molecule has 1 atom stereocenters. The van der Waals surface area contributed by atoms with Gasteiger partial charge in [-0.1, -0.05) is 55.1 Å². The van der Waals surface area contributed by atoms with Crippen molar-refractivity contribution in [1.82, 2.24) is 4.98 Å². The zero-order chi connectivity index (χ0) is 23.7. The van der Waals surface area contributed by atoms with E-state index in [1.54, 1.807) is 0 Å². The molecule has 2 aromatic carbocycles. The predicted octanol–water partition coefficient (Wildman–Crippen LogP) is 7.69. The van der Waals surface area contributed by atoms with Crippen LogP contribution in [0.15, 0.2) is 92.6 Å². The van der Waals surface area contributed by atoms with E-state index in [0.717, 1.165) is 57.2 Å². The van der Waals surface area contributed by atoms with Crippen molar-refractivity contribution in [3.63, 3.8) is 0 Å². The number of nitrogens with one attached hydrogen (secondary N) is 1. The Hall–Kier alpha value is -3.44. The lowest BCUT2D eigenvalue weighted by molar-refractivity contribution is 0.293. The third kappa shape index (κ3) is 4.12. The van der Waals surface area contributed by atoms with Crippen molar-refractivity contribution >= 4 is 43.3 Å². The van der Waals surface area contributed by atoms with Crippen LogP contribution in [0.25, 0.3) is 16.7 Å². The molecule has 1 N–H and O–H groups in total. The van der Waals surface area contributed by atoms with Gasteiger partial charge in [-0.15, -0.1) is 0 Å². The van der Waals surface area contributed by atoms with E-state index in [9.17, 15) is 0 Å². The second kappa shape index (κ2) is 9.07. The molecule has 0 spiro atoms. The van der Waals surface area contributed by atoms with Crippen LogP contribution in [-0.2, 0) is 0 Å². The fourth-order valence-corrected chi connectivity index (χ4v) is 5.80. The van der Waals surface area contributed by atoms with Gasteiger partial charge in [0, 0.05) is 20.9 Å². The molecular weight excluding hydrogens is 440 g/mol. The molecule has 1 unspecified atom stereocenters. The molecule has 5 heteroatoms. The molecular formula is C29H30N2O2S. The van der Waals surface area contributed by atoms with Crippen molar-refractivity contribution in [2.45, 2.75) is 49.1 Å². The van der Waals surface area contributed by atoms with Crippen molar-refractivity contribution in [2.75, 3.05) is 5.32 Å². The molecule has 34 heavy (non-hydrogen) atoms. The Morgan fingerprint density at radius 3 is 2.76 bits per heavy atom. The quantitative estimate of drug-likeness (QED) is 0.296. The fraction of sp³-hybridized carbons (Fsp3) is 0.207. The van der Waals surface area contributed by atoms with E-state index in [0.29, 0.717) is 5.89 Å². The van der Waals surface area contributed by atoms with Crippen molar-refractivity contribution in [3.8, 4) is 5.75 Å². The van der Waals surface area contributed by atoms with Crippen molar-refractivity contribution < 1.29 is 9.15 Å². The second-order valence-corrected chi connectivity index (χ2v) is 11.3. The third-order valence-electron chi connectivity index (χ3n) is 6.16. The summed E-state index contributed by atoms with van der Waals surface area (Å²) < 4.78 is 12.2. The summed E-state index contributed by atoms with van der Waals surface area (Å²) in [5.41, 5.74) is 4.72. The van der Waals surface area contributed by atoms with Gasteiger partial charge in [0.2, 0.25) is 5.89 Å².